The van der Waals surface area contributed by atoms with Gasteiger partial charge < -0.3 is 19.9 Å². The van der Waals surface area contributed by atoms with Crippen LogP contribution in [0.2, 0.25) is 0 Å². The van der Waals surface area contributed by atoms with Crippen LogP contribution in [0.1, 0.15) is 27.3 Å². The number of nitrogens with one attached hydrogen (secondary N) is 1. The maximum atomic E-state index is 12.8. The third-order valence-electron chi connectivity index (χ3n) is 4.48. The van der Waals surface area contributed by atoms with E-state index in [0.717, 1.165) is 11.5 Å². The maximum absolute atomic E-state index is 12.8. The van der Waals surface area contributed by atoms with Gasteiger partial charge in [-0.15, -0.1) is 13.2 Å². The minimum Gasteiger partial charge on any atom is -0.491 e. The molecule has 0 fully saturated rings. The molecular weight excluding hydrogens is 451 g/mol. The Hall–Kier alpha value is -3.67. The predicted molar refractivity (Wildman–Crippen MR) is 107 cm³/mol. The number of benzene rings is 1. The highest BCUT2D eigenvalue weighted by atomic mass is 32.1. The van der Waals surface area contributed by atoms with Crippen LogP contribution >= 0.6 is 11.5 Å². The Balaban J connectivity index is 0.000000913. The average Bonchev–Trinajstić information content (AvgIpc) is 3.29. The lowest BCUT2D eigenvalue weighted by Crippen LogP contribution is -2.50. The fraction of sp³-hybridized carbons (Fsp3) is 0.200. The standard InChI is InChI=1S/C19H14F3N3O3S.CH2O2/c20-19(21,22)28-13-5-3-12(4-6-13)18(25-17(26)15-7-10-24-29-15)8-11-27-14-2-1-9-23-16(14)18;2-1-3/h1-7,9-10H,8,11H2,(H,25,26);1H,(H,2,3). The molecule has 0 radical (unpaired) electrons. The van der Waals surface area contributed by atoms with E-state index >= 15 is 0 Å². The van der Waals surface area contributed by atoms with E-state index in [-0.39, 0.29) is 18.1 Å². The van der Waals surface area contributed by atoms with Crippen LogP contribution in [-0.4, -0.2) is 39.8 Å². The number of carbonyl (C=O) groups is 2. The highest BCUT2D eigenvalue weighted by Gasteiger charge is 2.43. The summed E-state index contributed by atoms with van der Waals surface area (Å²) in [6, 6.07) is 10.4. The molecule has 1 aliphatic rings. The van der Waals surface area contributed by atoms with Crippen molar-refractivity contribution in [2.75, 3.05) is 6.61 Å². The Morgan fingerprint density at radius 1 is 1.22 bits per heavy atom. The van der Waals surface area contributed by atoms with E-state index in [1.807, 2.05) is 0 Å². The molecule has 32 heavy (non-hydrogen) atoms. The number of aromatic nitrogens is 2. The predicted octanol–water partition coefficient (Wildman–Crippen LogP) is 3.59. The van der Waals surface area contributed by atoms with Crippen LogP contribution in [0.15, 0.2) is 54.9 Å². The summed E-state index contributed by atoms with van der Waals surface area (Å²) in [4.78, 5) is 26.0. The van der Waals surface area contributed by atoms with Gasteiger partial charge in [0, 0.05) is 18.8 Å². The van der Waals surface area contributed by atoms with Gasteiger partial charge in [0.05, 0.1) is 6.61 Å². The quantitative estimate of drug-likeness (QED) is 0.564. The zero-order valence-electron chi connectivity index (χ0n) is 16.2. The first-order chi connectivity index (χ1) is 15.3. The van der Waals surface area contributed by atoms with Gasteiger partial charge >= 0.3 is 6.36 Å². The monoisotopic (exact) mass is 467 g/mol. The van der Waals surface area contributed by atoms with Gasteiger partial charge in [0.1, 0.15) is 27.6 Å². The molecule has 3 heterocycles. The van der Waals surface area contributed by atoms with Gasteiger partial charge in [-0.2, -0.15) is 0 Å². The van der Waals surface area contributed by atoms with Gasteiger partial charge in [0.2, 0.25) is 0 Å². The second kappa shape index (κ2) is 9.64. The largest absolute Gasteiger partial charge is 0.573 e. The molecule has 1 aliphatic heterocycles. The van der Waals surface area contributed by atoms with Crippen LogP contribution in [0.3, 0.4) is 0 Å². The first-order valence-corrected chi connectivity index (χ1v) is 9.82. The fourth-order valence-corrected chi connectivity index (χ4v) is 3.76. The van der Waals surface area contributed by atoms with Crippen LogP contribution in [0, 0.1) is 0 Å². The normalized spacial score (nSPS) is 17.1. The number of hydrogen-bond donors (Lipinski definition) is 2. The molecule has 0 spiro atoms. The van der Waals surface area contributed by atoms with E-state index < -0.39 is 11.9 Å². The van der Waals surface area contributed by atoms with E-state index in [4.69, 9.17) is 14.6 Å². The van der Waals surface area contributed by atoms with E-state index in [0.29, 0.717) is 34.9 Å². The van der Waals surface area contributed by atoms with Gasteiger partial charge in [0.25, 0.3) is 12.4 Å². The van der Waals surface area contributed by atoms with Crippen molar-refractivity contribution >= 4 is 23.9 Å². The highest BCUT2D eigenvalue weighted by Crippen LogP contribution is 2.41. The molecule has 0 saturated carbocycles. The first kappa shape index (κ1) is 23.0. The van der Waals surface area contributed by atoms with E-state index in [2.05, 4.69) is 19.4 Å². The van der Waals surface area contributed by atoms with Crippen molar-refractivity contribution < 1.29 is 37.3 Å². The summed E-state index contributed by atoms with van der Waals surface area (Å²) >= 11 is 1.04. The number of hydrogen-bond acceptors (Lipinski definition) is 7. The molecule has 0 saturated heterocycles. The summed E-state index contributed by atoms with van der Waals surface area (Å²) in [6.07, 6.45) is -1.35. The highest BCUT2D eigenvalue weighted by molar-refractivity contribution is 7.08. The molecule has 0 aliphatic carbocycles. The third-order valence-corrected chi connectivity index (χ3v) is 5.22. The Morgan fingerprint density at radius 2 is 1.94 bits per heavy atom. The van der Waals surface area contributed by atoms with E-state index in [1.54, 1.807) is 24.4 Å². The minimum absolute atomic E-state index is 0.250. The Morgan fingerprint density at radius 3 is 2.56 bits per heavy atom. The van der Waals surface area contributed by atoms with E-state index in [1.165, 1.54) is 30.5 Å². The molecule has 12 heteroatoms. The molecule has 3 aromatic rings. The second-order valence-corrected chi connectivity index (χ2v) is 7.20. The van der Waals surface area contributed by atoms with Gasteiger partial charge in [-0.3, -0.25) is 14.6 Å². The third kappa shape index (κ3) is 5.14. The Kier molecular flexibility index (Phi) is 6.93. The number of alkyl halides is 3. The average molecular weight is 467 g/mol. The van der Waals surface area contributed by atoms with Crippen LogP contribution < -0.4 is 14.8 Å². The lowest BCUT2D eigenvalue weighted by molar-refractivity contribution is -0.274. The molecule has 1 unspecified atom stereocenters. The number of ether oxygens (including phenoxy) is 2. The molecule has 1 atom stereocenters. The second-order valence-electron chi connectivity index (χ2n) is 6.36. The Bertz CT molecular complexity index is 1060. The number of carboxylic acid groups (broad SMARTS) is 1. The van der Waals surface area contributed by atoms with Crippen LogP contribution in [0.4, 0.5) is 13.2 Å². The van der Waals surface area contributed by atoms with Gasteiger partial charge in [-0.05, 0) is 47.4 Å². The van der Waals surface area contributed by atoms with Crippen molar-refractivity contribution in [1.82, 2.24) is 14.7 Å². The van der Waals surface area contributed by atoms with Crippen LogP contribution in [0.5, 0.6) is 11.5 Å². The molecule has 8 nitrogen and oxygen atoms in total. The number of carbonyl (C=O) groups excluding carboxylic acids is 1. The molecule has 168 valence electrons. The van der Waals surface area contributed by atoms with Gasteiger partial charge in [0.15, 0.2) is 0 Å². The molecule has 2 N–H and O–H groups in total. The fourth-order valence-electron chi connectivity index (χ4n) is 3.26. The molecule has 0 bridgehead atoms. The first-order valence-electron chi connectivity index (χ1n) is 9.04. The number of fused-ring (bicyclic) bond motifs is 1. The van der Waals surface area contributed by atoms with Crippen molar-refractivity contribution in [2.45, 2.75) is 18.3 Å². The summed E-state index contributed by atoms with van der Waals surface area (Å²) in [7, 11) is 0. The summed E-state index contributed by atoms with van der Waals surface area (Å²) < 4.78 is 51.0. The minimum atomic E-state index is -4.79. The molecular formula is C20H16F3N3O5S. The summed E-state index contributed by atoms with van der Waals surface area (Å²) in [5.41, 5.74) is -0.0334. The van der Waals surface area contributed by atoms with Crippen molar-refractivity contribution in [2.24, 2.45) is 0 Å². The summed E-state index contributed by atoms with van der Waals surface area (Å²) in [5, 5.41) is 9.89. The molecule has 1 amide bonds. The molecule has 2 aromatic heterocycles. The zero-order valence-corrected chi connectivity index (χ0v) is 17.0. The van der Waals surface area contributed by atoms with E-state index in [9.17, 15) is 18.0 Å². The van der Waals surface area contributed by atoms with Crippen LogP contribution in [-0.2, 0) is 10.3 Å². The number of pyridine rings is 1. The zero-order chi connectivity index (χ0) is 23.2. The SMILES string of the molecule is O=C(NC1(c2ccc(OC(F)(F)F)cc2)CCOc2cccnc21)c1ccns1.O=CO. The van der Waals surface area contributed by atoms with Crippen molar-refractivity contribution in [3.63, 3.8) is 0 Å². The lowest BCUT2D eigenvalue weighted by Gasteiger charge is -2.38. The van der Waals surface area contributed by atoms with Crippen molar-refractivity contribution in [3.8, 4) is 11.5 Å². The van der Waals surface area contributed by atoms with Gasteiger partial charge in [-0.1, -0.05) is 12.1 Å². The molecule has 1 aromatic carbocycles. The van der Waals surface area contributed by atoms with Crippen molar-refractivity contribution in [3.05, 3.63) is 71.0 Å². The van der Waals surface area contributed by atoms with Crippen LogP contribution in [0.25, 0.3) is 0 Å². The number of rotatable bonds is 4. The number of nitrogens with zero attached hydrogens (tertiary/aromatic N) is 2. The summed E-state index contributed by atoms with van der Waals surface area (Å²) in [6.45, 7) is 0.0441. The number of halogens is 3. The Labute approximate surface area is 183 Å². The topological polar surface area (TPSA) is 111 Å². The maximum Gasteiger partial charge on any atom is 0.573 e. The summed E-state index contributed by atoms with van der Waals surface area (Å²) in [5.74, 6) is -0.209. The lowest BCUT2D eigenvalue weighted by atomic mass is 9.81. The number of amides is 1. The van der Waals surface area contributed by atoms with Gasteiger partial charge in [-0.25, -0.2) is 4.37 Å². The molecule has 4 rings (SSSR count). The smallest absolute Gasteiger partial charge is 0.491 e. The van der Waals surface area contributed by atoms with Crippen molar-refractivity contribution in [1.29, 1.82) is 0 Å².